The number of nitrogens with zero attached hydrogens (tertiary/aromatic N) is 1. The molecule has 2 saturated heterocycles. The van der Waals surface area contributed by atoms with E-state index in [1.165, 1.54) is 0 Å². The summed E-state index contributed by atoms with van der Waals surface area (Å²) in [5.41, 5.74) is 0. The predicted molar refractivity (Wildman–Crippen MR) is 70.8 cm³/mol. The third-order valence-corrected chi connectivity index (χ3v) is 5.83. The van der Waals surface area contributed by atoms with E-state index in [0.29, 0.717) is 25.4 Å². The fourth-order valence-electron chi connectivity index (χ4n) is 3.14. The molecule has 0 radical (unpaired) electrons. The second-order valence-corrected chi connectivity index (χ2v) is 7.76. The number of hydrogen-bond acceptors (Lipinski definition) is 4. The third kappa shape index (κ3) is 3.04. The molecule has 2 fully saturated rings. The minimum Gasteiger partial charge on any atom is -0.393 e. The molecule has 0 spiro atoms. The molecule has 2 rings (SSSR count). The van der Waals surface area contributed by atoms with Crippen molar-refractivity contribution in [1.82, 2.24) is 9.62 Å². The maximum atomic E-state index is 12.3. The monoisotopic (exact) mass is 276 g/mol. The lowest BCUT2D eigenvalue weighted by atomic mass is 10.0. The molecule has 2 atom stereocenters. The second kappa shape index (κ2) is 5.45. The zero-order valence-corrected chi connectivity index (χ0v) is 12.0. The molecule has 0 amide bonds. The summed E-state index contributed by atoms with van der Waals surface area (Å²) in [4.78, 5) is 0. The van der Waals surface area contributed by atoms with Crippen LogP contribution in [0, 0.1) is 0 Å². The van der Waals surface area contributed by atoms with E-state index in [9.17, 15) is 13.5 Å². The fourth-order valence-corrected chi connectivity index (χ4v) is 5.02. The lowest BCUT2D eigenvalue weighted by Crippen LogP contribution is -2.49. The molecule has 2 unspecified atom stereocenters. The molecule has 18 heavy (non-hydrogen) atoms. The van der Waals surface area contributed by atoms with Gasteiger partial charge in [-0.25, -0.2) is 8.42 Å². The molecule has 6 heteroatoms. The molecule has 0 aromatic carbocycles. The van der Waals surface area contributed by atoms with Crippen LogP contribution in [0.1, 0.15) is 39.5 Å². The van der Waals surface area contributed by atoms with Crippen molar-refractivity contribution in [3.8, 4) is 0 Å². The maximum absolute atomic E-state index is 12.3. The molecule has 2 heterocycles. The number of hydrogen-bond donors (Lipinski definition) is 2. The first-order valence-electron chi connectivity index (χ1n) is 6.83. The van der Waals surface area contributed by atoms with Crippen LogP contribution >= 0.6 is 0 Å². The first kappa shape index (κ1) is 14.2. The van der Waals surface area contributed by atoms with Crippen LogP contribution < -0.4 is 5.32 Å². The van der Waals surface area contributed by atoms with Gasteiger partial charge in [0.1, 0.15) is 0 Å². The molecule has 0 aromatic rings. The van der Waals surface area contributed by atoms with Gasteiger partial charge in [-0.1, -0.05) is 13.8 Å². The SMILES string of the molecule is CC(C)NCCS(=O)(=O)N1C2CCC1CC(O)C2. The van der Waals surface area contributed by atoms with Crippen LogP contribution in [0.3, 0.4) is 0 Å². The van der Waals surface area contributed by atoms with Crippen LogP contribution in [0.2, 0.25) is 0 Å². The van der Waals surface area contributed by atoms with E-state index in [0.717, 1.165) is 12.8 Å². The van der Waals surface area contributed by atoms with Crippen molar-refractivity contribution >= 4 is 10.0 Å². The largest absolute Gasteiger partial charge is 0.393 e. The topological polar surface area (TPSA) is 69.6 Å². The number of piperidine rings is 1. The Balaban J connectivity index is 1.98. The quantitative estimate of drug-likeness (QED) is 0.758. The van der Waals surface area contributed by atoms with Gasteiger partial charge in [0.25, 0.3) is 0 Å². The molecular formula is C12H24N2O3S. The number of aliphatic hydroxyl groups excluding tert-OH is 1. The van der Waals surface area contributed by atoms with Crippen molar-refractivity contribution in [1.29, 1.82) is 0 Å². The Morgan fingerprint density at radius 3 is 2.33 bits per heavy atom. The lowest BCUT2D eigenvalue weighted by Gasteiger charge is -2.36. The first-order chi connectivity index (χ1) is 8.40. The lowest BCUT2D eigenvalue weighted by molar-refractivity contribution is 0.0769. The third-order valence-electron chi connectivity index (χ3n) is 3.88. The minimum atomic E-state index is -3.18. The highest BCUT2D eigenvalue weighted by Crippen LogP contribution is 2.37. The van der Waals surface area contributed by atoms with E-state index in [2.05, 4.69) is 5.32 Å². The summed E-state index contributed by atoms with van der Waals surface area (Å²) in [5, 5.41) is 12.8. The maximum Gasteiger partial charge on any atom is 0.215 e. The Labute approximate surface area is 110 Å². The molecule has 2 bridgehead atoms. The van der Waals surface area contributed by atoms with Crippen molar-refractivity contribution in [2.45, 2.75) is 63.8 Å². The van der Waals surface area contributed by atoms with Crippen LogP contribution in [0.25, 0.3) is 0 Å². The zero-order valence-electron chi connectivity index (χ0n) is 11.2. The van der Waals surface area contributed by atoms with Crippen LogP contribution in [0.5, 0.6) is 0 Å². The van der Waals surface area contributed by atoms with Crippen molar-refractivity contribution in [2.24, 2.45) is 0 Å². The minimum absolute atomic E-state index is 0.0304. The highest BCUT2D eigenvalue weighted by Gasteiger charge is 2.45. The number of aliphatic hydroxyl groups is 1. The van der Waals surface area contributed by atoms with Gasteiger partial charge in [0.2, 0.25) is 10.0 Å². The Morgan fingerprint density at radius 1 is 1.28 bits per heavy atom. The average Bonchev–Trinajstić information content (AvgIpc) is 2.52. The van der Waals surface area contributed by atoms with Gasteiger partial charge in [-0.3, -0.25) is 0 Å². The van der Waals surface area contributed by atoms with Gasteiger partial charge in [0.05, 0.1) is 11.9 Å². The van der Waals surface area contributed by atoms with Crippen LogP contribution in [0.4, 0.5) is 0 Å². The highest BCUT2D eigenvalue weighted by atomic mass is 32.2. The van der Waals surface area contributed by atoms with E-state index in [4.69, 9.17) is 0 Å². The summed E-state index contributed by atoms with van der Waals surface area (Å²) in [5.74, 6) is 0.161. The van der Waals surface area contributed by atoms with Gasteiger partial charge >= 0.3 is 0 Å². The van der Waals surface area contributed by atoms with Gasteiger partial charge in [0, 0.05) is 24.7 Å². The summed E-state index contributed by atoms with van der Waals surface area (Å²) in [6.45, 7) is 4.51. The van der Waals surface area contributed by atoms with Gasteiger partial charge in [-0.2, -0.15) is 4.31 Å². The van der Waals surface area contributed by atoms with Crippen molar-refractivity contribution in [3.05, 3.63) is 0 Å². The van der Waals surface area contributed by atoms with E-state index >= 15 is 0 Å². The number of rotatable bonds is 5. The first-order valence-corrected chi connectivity index (χ1v) is 8.43. The van der Waals surface area contributed by atoms with Crippen molar-refractivity contribution in [3.63, 3.8) is 0 Å². The number of fused-ring (bicyclic) bond motifs is 2. The molecule has 0 saturated carbocycles. The molecule has 0 aliphatic carbocycles. The Kier molecular flexibility index (Phi) is 4.31. The molecule has 0 aromatic heterocycles. The summed E-state index contributed by atoms with van der Waals surface area (Å²) >= 11 is 0. The molecular weight excluding hydrogens is 252 g/mol. The summed E-state index contributed by atoms with van der Waals surface area (Å²) in [6, 6.07) is 0.366. The van der Waals surface area contributed by atoms with Crippen molar-refractivity contribution in [2.75, 3.05) is 12.3 Å². The van der Waals surface area contributed by atoms with E-state index in [-0.39, 0.29) is 23.9 Å². The molecule has 2 aliphatic heterocycles. The molecule has 2 N–H and O–H groups in total. The zero-order chi connectivity index (χ0) is 13.3. The molecule has 2 aliphatic rings. The molecule has 106 valence electrons. The van der Waals surface area contributed by atoms with E-state index in [1.54, 1.807) is 4.31 Å². The summed E-state index contributed by atoms with van der Waals surface area (Å²) in [7, 11) is -3.18. The van der Waals surface area contributed by atoms with Gasteiger partial charge in [0.15, 0.2) is 0 Å². The second-order valence-electron chi connectivity index (χ2n) is 5.76. The van der Waals surface area contributed by atoms with Gasteiger partial charge in [-0.15, -0.1) is 0 Å². The average molecular weight is 276 g/mol. The highest BCUT2D eigenvalue weighted by molar-refractivity contribution is 7.89. The Hall–Kier alpha value is -0.170. The van der Waals surface area contributed by atoms with Gasteiger partial charge in [-0.05, 0) is 25.7 Å². The summed E-state index contributed by atoms with van der Waals surface area (Å²) in [6.07, 6.45) is 2.69. The van der Waals surface area contributed by atoms with Crippen LogP contribution in [-0.2, 0) is 10.0 Å². The normalized spacial score (nSPS) is 33.2. The van der Waals surface area contributed by atoms with Crippen molar-refractivity contribution < 1.29 is 13.5 Å². The molecule has 5 nitrogen and oxygen atoms in total. The number of nitrogens with one attached hydrogen (secondary N) is 1. The Morgan fingerprint density at radius 2 is 1.83 bits per heavy atom. The smallest absolute Gasteiger partial charge is 0.215 e. The summed E-state index contributed by atoms with van der Waals surface area (Å²) < 4.78 is 26.4. The number of sulfonamides is 1. The fraction of sp³-hybridized carbons (Fsp3) is 1.00. The Bertz CT molecular complexity index is 369. The van der Waals surface area contributed by atoms with Crippen LogP contribution in [0.15, 0.2) is 0 Å². The van der Waals surface area contributed by atoms with Crippen LogP contribution in [-0.4, -0.2) is 54.4 Å². The van der Waals surface area contributed by atoms with E-state index < -0.39 is 10.0 Å². The predicted octanol–water partition coefficient (Wildman–Crippen LogP) is 0.302. The van der Waals surface area contributed by atoms with E-state index in [1.807, 2.05) is 13.8 Å². The standard InChI is InChI=1S/C12H24N2O3S/c1-9(2)13-5-6-18(16,17)14-10-3-4-11(14)8-12(15)7-10/h9-13,15H,3-8H2,1-2H3. The van der Waals surface area contributed by atoms with Gasteiger partial charge < -0.3 is 10.4 Å².